The number of ether oxygens (including phenoxy) is 1. The van der Waals surface area contributed by atoms with Crippen LogP contribution in [0.2, 0.25) is 5.02 Å². The third kappa shape index (κ3) is 4.79. The first kappa shape index (κ1) is 24.8. The number of nitrogens with zero attached hydrogens (tertiary/aromatic N) is 2. The van der Waals surface area contributed by atoms with Crippen molar-refractivity contribution < 1.29 is 31.5 Å². The Labute approximate surface area is 208 Å². The number of hydrogen-bond donors (Lipinski definition) is 2. The first-order valence-corrected chi connectivity index (χ1v) is 11.1. The van der Waals surface area contributed by atoms with Crippen molar-refractivity contribution in [1.29, 1.82) is 0 Å². The van der Waals surface area contributed by atoms with Gasteiger partial charge in [0.25, 0.3) is 0 Å². The second-order valence-corrected chi connectivity index (χ2v) is 8.81. The molecule has 0 spiro atoms. The van der Waals surface area contributed by atoms with E-state index in [1.807, 2.05) is 0 Å². The molecular formula is C21H12ClF5N4O2S2. The molecule has 0 aliphatic rings. The van der Waals surface area contributed by atoms with E-state index < -0.39 is 47.2 Å². The molecule has 0 unspecified atom stereocenters. The number of thiocarbonyl (C=S) groups is 1. The topological polar surface area (TPSA) is 68.2 Å². The number of esters is 1. The highest BCUT2D eigenvalue weighted by Gasteiger charge is 2.26. The standard InChI is InChI=1S/C21H12ClF5N4O2S2/c1-33-20(32)19-13(22)9-3-2-8(6-11(9)35-19)28-21(34)29-12-4-5-31(30-12)7-10-14(23)16(25)18(27)17(26)15(10)24/h2-6H,7H2,1H3,(H2,28,29,30,34). The minimum Gasteiger partial charge on any atom is -0.465 e. The zero-order valence-electron chi connectivity index (χ0n) is 17.4. The molecule has 2 N–H and O–H groups in total. The summed E-state index contributed by atoms with van der Waals surface area (Å²) in [6.07, 6.45) is 1.27. The molecule has 0 aliphatic heterocycles. The molecule has 4 aromatic rings. The number of hydrogen-bond acceptors (Lipinski definition) is 5. The van der Waals surface area contributed by atoms with Gasteiger partial charge < -0.3 is 15.4 Å². The number of anilines is 2. The Morgan fingerprint density at radius 1 is 1.09 bits per heavy atom. The van der Waals surface area contributed by atoms with Crippen molar-refractivity contribution in [2.75, 3.05) is 17.7 Å². The second kappa shape index (κ2) is 9.76. The lowest BCUT2D eigenvalue weighted by Gasteiger charge is -2.09. The normalized spacial score (nSPS) is 11.1. The zero-order valence-corrected chi connectivity index (χ0v) is 19.8. The molecule has 0 bridgehead atoms. The molecule has 2 aromatic heterocycles. The van der Waals surface area contributed by atoms with Crippen LogP contribution in [-0.2, 0) is 11.3 Å². The minimum atomic E-state index is -2.23. The number of fused-ring (bicyclic) bond motifs is 1. The summed E-state index contributed by atoms with van der Waals surface area (Å²) in [5.74, 6) is -10.5. The minimum absolute atomic E-state index is 0.0988. The summed E-state index contributed by atoms with van der Waals surface area (Å²) < 4.78 is 74.3. The van der Waals surface area contributed by atoms with Gasteiger partial charge in [0, 0.05) is 28.0 Å². The number of benzene rings is 2. The van der Waals surface area contributed by atoms with Crippen molar-refractivity contribution in [3.05, 3.63) is 75.0 Å². The fourth-order valence-electron chi connectivity index (χ4n) is 3.11. The van der Waals surface area contributed by atoms with Gasteiger partial charge in [-0.3, -0.25) is 4.68 Å². The molecule has 182 valence electrons. The van der Waals surface area contributed by atoms with Crippen LogP contribution in [0, 0.1) is 29.1 Å². The Bertz CT molecular complexity index is 1460. The molecule has 0 saturated heterocycles. The van der Waals surface area contributed by atoms with Crippen molar-refractivity contribution in [2.45, 2.75) is 6.54 Å². The van der Waals surface area contributed by atoms with Gasteiger partial charge in [-0.05, 0) is 30.4 Å². The molecule has 0 radical (unpaired) electrons. The van der Waals surface area contributed by atoms with Crippen LogP contribution in [0.1, 0.15) is 15.2 Å². The zero-order chi connectivity index (χ0) is 25.4. The Balaban J connectivity index is 1.46. The van der Waals surface area contributed by atoms with Gasteiger partial charge in [0.2, 0.25) is 5.82 Å². The molecule has 14 heteroatoms. The predicted octanol–water partition coefficient (Wildman–Crippen LogP) is 6.09. The summed E-state index contributed by atoms with van der Waals surface area (Å²) in [6.45, 7) is -0.702. The maximum absolute atomic E-state index is 13.9. The van der Waals surface area contributed by atoms with E-state index in [9.17, 15) is 26.7 Å². The summed E-state index contributed by atoms with van der Waals surface area (Å²) >= 11 is 12.6. The summed E-state index contributed by atoms with van der Waals surface area (Å²) in [6, 6.07) is 6.49. The predicted molar refractivity (Wildman–Crippen MR) is 126 cm³/mol. The van der Waals surface area contributed by atoms with Gasteiger partial charge in [0.05, 0.1) is 24.2 Å². The summed E-state index contributed by atoms with van der Waals surface area (Å²) in [4.78, 5) is 12.1. The average Bonchev–Trinajstić information content (AvgIpc) is 3.42. The monoisotopic (exact) mass is 546 g/mol. The van der Waals surface area contributed by atoms with Gasteiger partial charge in [0.1, 0.15) is 4.88 Å². The average molecular weight is 547 g/mol. The molecule has 35 heavy (non-hydrogen) atoms. The number of halogens is 6. The number of thiophene rings is 1. The fraction of sp³-hybridized carbons (Fsp3) is 0.0952. The second-order valence-electron chi connectivity index (χ2n) is 6.97. The van der Waals surface area contributed by atoms with E-state index in [1.165, 1.54) is 19.4 Å². The van der Waals surface area contributed by atoms with E-state index in [2.05, 4.69) is 15.7 Å². The van der Waals surface area contributed by atoms with Gasteiger partial charge in [-0.25, -0.2) is 26.7 Å². The maximum atomic E-state index is 13.9. The fourth-order valence-corrected chi connectivity index (χ4v) is 4.80. The number of methoxy groups -OCH3 is 1. The smallest absolute Gasteiger partial charge is 0.349 e. The highest BCUT2D eigenvalue weighted by atomic mass is 35.5. The third-order valence-electron chi connectivity index (χ3n) is 4.76. The van der Waals surface area contributed by atoms with Crippen LogP contribution in [0.25, 0.3) is 10.1 Å². The molecule has 0 aliphatic carbocycles. The quantitative estimate of drug-likeness (QED) is 0.104. The van der Waals surface area contributed by atoms with Crippen LogP contribution in [0.15, 0.2) is 30.5 Å². The number of nitrogens with one attached hydrogen (secondary N) is 2. The van der Waals surface area contributed by atoms with Crippen molar-refractivity contribution in [1.82, 2.24) is 9.78 Å². The Morgan fingerprint density at radius 2 is 1.74 bits per heavy atom. The van der Waals surface area contributed by atoms with Crippen LogP contribution in [0.5, 0.6) is 0 Å². The van der Waals surface area contributed by atoms with E-state index in [4.69, 9.17) is 28.6 Å². The van der Waals surface area contributed by atoms with Crippen LogP contribution < -0.4 is 10.6 Å². The Hall–Kier alpha value is -3.29. The van der Waals surface area contributed by atoms with Crippen molar-refractivity contribution >= 4 is 67.8 Å². The molecule has 4 rings (SSSR count). The number of aromatic nitrogens is 2. The van der Waals surface area contributed by atoms with Gasteiger partial charge in [0.15, 0.2) is 34.2 Å². The summed E-state index contributed by atoms with van der Waals surface area (Å²) in [5, 5.41) is 10.7. The molecule has 6 nitrogen and oxygen atoms in total. The molecule has 2 heterocycles. The summed E-state index contributed by atoms with van der Waals surface area (Å²) in [5.41, 5.74) is -0.462. The van der Waals surface area contributed by atoms with Crippen LogP contribution in [-0.4, -0.2) is 28.0 Å². The van der Waals surface area contributed by atoms with Gasteiger partial charge in [-0.2, -0.15) is 5.10 Å². The lowest BCUT2D eigenvalue weighted by Crippen LogP contribution is -2.19. The molecule has 0 atom stereocenters. The molecule has 0 fully saturated rings. The lowest BCUT2D eigenvalue weighted by atomic mass is 10.1. The van der Waals surface area contributed by atoms with Crippen LogP contribution >= 0.6 is 35.2 Å². The van der Waals surface area contributed by atoms with Gasteiger partial charge in [-0.15, -0.1) is 11.3 Å². The number of rotatable bonds is 5. The van der Waals surface area contributed by atoms with E-state index >= 15 is 0 Å². The first-order valence-electron chi connectivity index (χ1n) is 9.52. The number of carbonyl (C=O) groups excluding carboxylic acids is 1. The van der Waals surface area contributed by atoms with Crippen molar-refractivity contribution in [2.24, 2.45) is 0 Å². The maximum Gasteiger partial charge on any atom is 0.349 e. The Kier molecular flexibility index (Phi) is 6.92. The van der Waals surface area contributed by atoms with E-state index in [0.29, 0.717) is 15.8 Å². The van der Waals surface area contributed by atoms with Crippen LogP contribution in [0.4, 0.5) is 33.5 Å². The van der Waals surface area contributed by atoms with Crippen molar-refractivity contribution in [3.63, 3.8) is 0 Å². The highest BCUT2D eigenvalue weighted by Crippen LogP contribution is 2.37. The highest BCUT2D eigenvalue weighted by molar-refractivity contribution is 7.80. The molecular weight excluding hydrogens is 535 g/mol. The van der Waals surface area contributed by atoms with Crippen molar-refractivity contribution in [3.8, 4) is 0 Å². The Morgan fingerprint density at radius 3 is 2.40 bits per heavy atom. The van der Waals surface area contributed by atoms with Gasteiger partial charge in [-0.1, -0.05) is 11.6 Å². The molecule has 0 amide bonds. The largest absolute Gasteiger partial charge is 0.465 e. The van der Waals surface area contributed by atoms with E-state index in [0.717, 1.165) is 16.0 Å². The summed E-state index contributed by atoms with van der Waals surface area (Å²) in [7, 11) is 1.25. The third-order valence-corrected chi connectivity index (χ3v) is 6.60. The van der Waals surface area contributed by atoms with Gasteiger partial charge >= 0.3 is 5.97 Å². The van der Waals surface area contributed by atoms with E-state index in [-0.39, 0.29) is 20.8 Å². The van der Waals surface area contributed by atoms with E-state index in [1.54, 1.807) is 18.2 Å². The lowest BCUT2D eigenvalue weighted by molar-refractivity contribution is 0.0606. The SMILES string of the molecule is COC(=O)c1sc2cc(NC(=S)Nc3ccn(Cc4c(F)c(F)c(F)c(F)c4F)n3)ccc2c1Cl. The number of carbonyl (C=O) groups is 1. The molecule has 2 aromatic carbocycles. The first-order chi connectivity index (χ1) is 16.6. The molecule has 0 saturated carbocycles. The van der Waals surface area contributed by atoms with Crippen LogP contribution in [0.3, 0.4) is 0 Å².